The molecule has 0 N–H and O–H groups in total. The summed E-state index contributed by atoms with van der Waals surface area (Å²) in [5, 5.41) is 0. The molecule has 1 fully saturated rings. The molecule has 1 heterocycles. The van der Waals surface area contributed by atoms with Crippen LogP contribution < -0.4 is 5.46 Å². The highest BCUT2D eigenvalue weighted by atomic mass is 16.6. The van der Waals surface area contributed by atoms with Crippen molar-refractivity contribution in [3.8, 4) is 0 Å². The van der Waals surface area contributed by atoms with Crippen LogP contribution in [0.2, 0.25) is 0 Å². The van der Waals surface area contributed by atoms with E-state index in [1.165, 1.54) is 11.0 Å². The number of hydrogen-bond acceptors (Lipinski definition) is 7. The summed E-state index contributed by atoms with van der Waals surface area (Å²) in [6.45, 7) is 2.09. The Balaban J connectivity index is 2.07. The average Bonchev–Trinajstić information content (AvgIpc) is 2.51. The third-order valence-corrected chi connectivity index (χ3v) is 3.18. The van der Waals surface area contributed by atoms with E-state index >= 15 is 0 Å². The smallest absolute Gasteiger partial charge is 0.494 e. The van der Waals surface area contributed by atoms with E-state index in [0.717, 1.165) is 5.56 Å². The van der Waals surface area contributed by atoms with Gasteiger partial charge in [-0.3, -0.25) is 14.5 Å². The van der Waals surface area contributed by atoms with Gasteiger partial charge in [-0.25, -0.2) is 4.79 Å². The van der Waals surface area contributed by atoms with Crippen molar-refractivity contribution in [2.75, 3.05) is 26.7 Å². The van der Waals surface area contributed by atoms with Gasteiger partial charge in [-0.2, -0.15) is 0 Å². The van der Waals surface area contributed by atoms with Gasteiger partial charge in [0.15, 0.2) is 0 Å². The monoisotopic (exact) mass is 331 g/mol. The van der Waals surface area contributed by atoms with Crippen LogP contribution in [0.25, 0.3) is 6.08 Å². The predicted octanol–water partition coefficient (Wildman–Crippen LogP) is -0.0101. The minimum absolute atomic E-state index is 0.0198. The second kappa shape index (κ2) is 8.30. The van der Waals surface area contributed by atoms with E-state index in [4.69, 9.17) is 14.0 Å². The molecule has 0 spiro atoms. The van der Waals surface area contributed by atoms with Gasteiger partial charge in [-0.05, 0) is 25.6 Å². The molecule has 0 saturated carbocycles. The van der Waals surface area contributed by atoms with Gasteiger partial charge in [0.05, 0.1) is 19.7 Å². The van der Waals surface area contributed by atoms with Crippen molar-refractivity contribution in [1.82, 2.24) is 4.90 Å². The summed E-state index contributed by atoms with van der Waals surface area (Å²) in [6, 6.07) is 6.78. The van der Waals surface area contributed by atoms with Crippen molar-refractivity contribution >= 4 is 36.6 Å². The molecule has 24 heavy (non-hydrogen) atoms. The molecule has 0 bridgehead atoms. The fourth-order valence-electron chi connectivity index (χ4n) is 2.09. The summed E-state index contributed by atoms with van der Waals surface area (Å²) in [5.41, 5.74) is 1.30. The van der Waals surface area contributed by atoms with Crippen molar-refractivity contribution in [2.24, 2.45) is 0 Å². The first kappa shape index (κ1) is 17.7. The van der Waals surface area contributed by atoms with E-state index < -0.39 is 25.0 Å². The summed E-state index contributed by atoms with van der Waals surface area (Å²) >= 11 is 0. The highest BCUT2D eigenvalue weighted by Gasteiger charge is 2.33. The Bertz CT molecular complexity index is 622. The van der Waals surface area contributed by atoms with E-state index in [1.807, 2.05) is 0 Å². The lowest BCUT2D eigenvalue weighted by Crippen LogP contribution is -2.47. The van der Waals surface area contributed by atoms with E-state index in [0.29, 0.717) is 12.1 Å². The third-order valence-electron chi connectivity index (χ3n) is 3.18. The van der Waals surface area contributed by atoms with Crippen molar-refractivity contribution in [3.05, 3.63) is 35.9 Å². The van der Waals surface area contributed by atoms with Gasteiger partial charge in [0.1, 0.15) is 0 Å². The van der Waals surface area contributed by atoms with Gasteiger partial charge >= 0.3 is 25.0 Å². The Morgan fingerprint density at radius 2 is 1.79 bits per heavy atom. The molecule has 2 rings (SSSR count). The van der Waals surface area contributed by atoms with Crippen molar-refractivity contribution < 1.29 is 28.4 Å². The maximum absolute atomic E-state index is 11.7. The van der Waals surface area contributed by atoms with Gasteiger partial charge in [-0.15, -0.1) is 0 Å². The average molecular weight is 331 g/mol. The number of carbonyl (C=O) groups is 3. The fourth-order valence-corrected chi connectivity index (χ4v) is 2.09. The van der Waals surface area contributed by atoms with E-state index in [9.17, 15) is 14.4 Å². The van der Waals surface area contributed by atoms with Crippen molar-refractivity contribution in [1.29, 1.82) is 0 Å². The number of carbonyl (C=O) groups excluding carboxylic acids is 3. The molecule has 0 aromatic heterocycles. The Kier molecular flexibility index (Phi) is 6.14. The molecule has 7 nitrogen and oxygen atoms in total. The molecule has 126 valence electrons. The molecule has 0 unspecified atom stereocenters. The summed E-state index contributed by atoms with van der Waals surface area (Å²) in [4.78, 5) is 36.2. The van der Waals surface area contributed by atoms with Gasteiger partial charge in [-0.1, -0.05) is 24.3 Å². The number of likely N-dealkylation sites (N-methyl/N-ethyl adjacent to an activating group) is 1. The molecule has 0 radical (unpaired) electrons. The van der Waals surface area contributed by atoms with Crippen LogP contribution in [0.4, 0.5) is 0 Å². The Morgan fingerprint density at radius 1 is 1.21 bits per heavy atom. The summed E-state index contributed by atoms with van der Waals surface area (Å²) in [7, 11) is 0.565. The van der Waals surface area contributed by atoms with E-state index in [-0.39, 0.29) is 13.1 Å². The minimum Gasteiger partial charge on any atom is -0.494 e. The topological polar surface area (TPSA) is 82.1 Å². The molecule has 0 aliphatic carbocycles. The van der Waals surface area contributed by atoms with Crippen LogP contribution in [0, 0.1) is 0 Å². The largest absolute Gasteiger partial charge is 0.636 e. The Morgan fingerprint density at radius 3 is 2.33 bits per heavy atom. The number of hydrogen-bond donors (Lipinski definition) is 0. The van der Waals surface area contributed by atoms with Gasteiger partial charge in [0, 0.05) is 11.5 Å². The zero-order chi connectivity index (χ0) is 17.5. The molecule has 1 saturated heterocycles. The quantitative estimate of drug-likeness (QED) is 0.436. The Hall–Kier alpha value is -2.61. The van der Waals surface area contributed by atoms with Crippen LogP contribution in [0.3, 0.4) is 0 Å². The lowest BCUT2D eigenvalue weighted by Gasteiger charge is -2.22. The molecule has 1 aromatic rings. The van der Waals surface area contributed by atoms with E-state index in [2.05, 4.69) is 0 Å². The fraction of sp³-hybridized carbons (Fsp3) is 0.312. The molecular formula is C16H18BNO6. The lowest BCUT2D eigenvalue weighted by molar-refractivity contribution is -0.145. The van der Waals surface area contributed by atoms with Crippen LogP contribution in [0.1, 0.15) is 12.5 Å². The SMILES string of the molecule is CCOC(=O)/C=C/c1ccc(B2OC(=O)CN(C)CC(=O)O2)cc1. The maximum Gasteiger partial charge on any atom is 0.636 e. The Labute approximate surface area is 140 Å². The number of ether oxygens (including phenoxy) is 1. The van der Waals surface area contributed by atoms with Gasteiger partial charge in [0.25, 0.3) is 0 Å². The van der Waals surface area contributed by atoms with E-state index in [1.54, 1.807) is 44.3 Å². The van der Waals surface area contributed by atoms with Crippen LogP contribution in [0.15, 0.2) is 30.3 Å². The van der Waals surface area contributed by atoms with Crippen molar-refractivity contribution in [2.45, 2.75) is 6.92 Å². The second-order valence-electron chi connectivity index (χ2n) is 5.24. The maximum atomic E-state index is 11.7. The summed E-state index contributed by atoms with van der Waals surface area (Å²) in [5.74, 6) is -1.36. The van der Waals surface area contributed by atoms with Gasteiger partial charge in [0.2, 0.25) is 0 Å². The molecule has 1 aromatic carbocycles. The molecule has 0 atom stereocenters. The predicted molar refractivity (Wildman–Crippen MR) is 87.2 cm³/mol. The normalized spacial score (nSPS) is 16.3. The first-order valence-electron chi connectivity index (χ1n) is 7.50. The van der Waals surface area contributed by atoms with Crippen molar-refractivity contribution in [3.63, 3.8) is 0 Å². The van der Waals surface area contributed by atoms with Gasteiger partial charge < -0.3 is 14.0 Å². The second-order valence-corrected chi connectivity index (χ2v) is 5.24. The molecule has 0 amide bonds. The lowest BCUT2D eigenvalue weighted by atomic mass is 9.78. The number of benzene rings is 1. The first-order valence-corrected chi connectivity index (χ1v) is 7.50. The highest BCUT2D eigenvalue weighted by Crippen LogP contribution is 2.05. The number of esters is 1. The molecule has 1 aliphatic rings. The first-order chi connectivity index (χ1) is 11.5. The molecular weight excluding hydrogens is 313 g/mol. The number of nitrogens with zero attached hydrogens (tertiary/aromatic N) is 1. The zero-order valence-corrected chi connectivity index (χ0v) is 13.6. The van der Waals surface area contributed by atoms with Crippen LogP contribution in [-0.2, 0) is 28.4 Å². The van der Waals surface area contributed by atoms with Crippen LogP contribution >= 0.6 is 0 Å². The number of rotatable bonds is 4. The molecule has 1 aliphatic heterocycles. The highest BCUT2D eigenvalue weighted by molar-refractivity contribution is 6.64. The molecule has 8 heteroatoms. The summed E-state index contributed by atoms with van der Waals surface area (Å²) < 4.78 is 15.1. The zero-order valence-electron chi connectivity index (χ0n) is 13.6. The summed E-state index contributed by atoms with van der Waals surface area (Å²) in [6.07, 6.45) is 2.93. The van der Waals surface area contributed by atoms with Crippen LogP contribution in [-0.4, -0.2) is 56.7 Å². The standard InChI is InChI=1S/C16H18BNO6/c1-3-22-14(19)9-6-12-4-7-13(8-5-12)17-23-15(20)10-18(2)11-16(21)24-17/h4-9H,3,10-11H2,1-2H3/b9-6+. The van der Waals surface area contributed by atoms with Crippen LogP contribution in [0.5, 0.6) is 0 Å². The minimum atomic E-state index is -1.07. The third kappa shape index (κ3) is 5.24.